The molecule has 0 aliphatic rings. The lowest BCUT2D eigenvalue weighted by Crippen LogP contribution is -2.29. The van der Waals surface area contributed by atoms with Gasteiger partial charge in [-0.05, 0) is 42.3 Å². The molecule has 0 bridgehead atoms. The molecule has 2 aromatic carbocycles. The number of rotatable bonds is 5. The summed E-state index contributed by atoms with van der Waals surface area (Å²) in [6.07, 6.45) is -0.453. The van der Waals surface area contributed by atoms with E-state index in [1.807, 2.05) is 24.3 Å². The molecule has 106 valence electrons. The molecule has 0 aromatic heterocycles. The zero-order chi connectivity index (χ0) is 14.5. The third kappa shape index (κ3) is 4.04. The summed E-state index contributed by atoms with van der Waals surface area (Å²) in [7, 11) is 0. The van der Waals surface area contributed by atoms with E-state index in [9.17, 15) is 9.50 Å². The van der Waals surface area contributed by atoms with Crippen LogP contribution in [0.25, 0.3) is 0 Å². The predicted molar refractivity (Wildman–Crippen MR) is 79.4 cm³/mol. The summed E-state index contributed by atoms with van der Waals surface area (Å²) < 4.78 is 13.0. The average molecular weight is 294 g/mol. The fourth-order valence-corrected chi connectivity index (χ4v) is 2.15. The van der Waals surface area contributed by atoms with Gasteiger partial charge in [0.15, 0.2) is 0 Å². The minimum Gasteiger partial charge on any atom is -0.392 e. The lowest BCUT2D eigenvalue weighted by atomic mass is 9.98. The summed E-state index contributed by atoms with van der Waals surface area (Å²) in [4.78, 5) is 0. The lowest BCUT2D eigenvalue weighted by Gasteiger charge is -2.21. The molecule has 0 amide bonds. The number of aliphatic hydroxyl groups is 1. The molecule has 2 rings (SSSR count). The maximum atomic E-state index is 13.0. The van der Waals surface area contributed by atoms with Gasteiger partial charge in [0.25, 0.3) is 0 Å². The highest BCUT2D eigenvalue weighted by Crippen LogP contribution is 2.23. The number of halogens is 2. The molecule has 2 atom stereocenters. The molecule has 0 saturated heterocycles. The minimum atomic E-state index is -0.453. The van der Waals surface area contributed by atoms with Gasteiger partial charge in [0, 0.05) is 11.6 Å². The van der Waals surface area contributed by atoms with E-state index in [2.05, 4.69) is 5.32 Å². The molecule has 20 heavy (non-hydrogen) atoms. The molecular formula is C16H17ClFNO. The normalized spacial score (nSPS) is 14.0. The van der Waals surface area contributed by atoms with E-state index in [1.165, 1.54) is 12.1 Å². The van der Waals surface area contributed by atoms with Gasteiger partial charge in [-0.15, -0.1) is 0 Å². The van der Waals surface area contributed by atoms with Crippen LogP contribution >= 0.6 is 11.6 Å². The number of hydrogen-bond donors (Lipinski definition) is 2. The van der Waals surface area contributed by atoms with E-state index >= 15 is 0 Å². The second-order valence-corrected chi connectivity index (χ2v) is 5.23. The number of hydrogen-bond acceptors (Lipinski definition) is 2. The molecule has 0 aliphatic heterocycles. The van der Waals surface area contributed by atoms with Crippen LogP contribution in [0, 0.1) is 5.82 Å². The van der Waals surface area contributed by atoms with Crippen LogP contribution in [-0.2, 0) is 0 Å². The molecular weight excluding hydrogens is 277 g/mol. The van der Waals surface area contributed by atoms with E-state index in [-0.39, 0.29) is 11.9 Å². The molecule has 0 heterocycles. The van der Waals surface area contributed by atoms with Gasteiger partial charge in [-0.2, -0.15) is 0 Å². The van der Waals surface area contributed by atoms with Gasteiger partial charge in [-0.1, -0.05) is 35.9 Å². The van der Waals surface area contributed by atoms with Crippen molar-refractivity contribution in [3.63, 3.8) is 0 Å². The number of aliphatic hydroxyl groups excluding tert-OH is 1. The highest BCUT2D eigenvalue weighted by molar-refractivity contribution is 6.30. The Kier molecular flexibility index (Phi) is 5.12. The molecule has 0 fully saturated rings. The molecule has 0 saturated carbocycles. The van der Waals surface area contributed by atoms with Crippen LogP contribution in [-0.4, -0.2) is 17.8 Å². The van der Waals surface area contributed by atoms with Gasteiger partial charge in [0.2, 0.25) is 0 Å². The van der Waals surface area contributed by atoms with Crippen LogP contribution in [0.1, 0.15) is 24.1 Å². The Labute approximate surface area is 123 Å². The van der Waals surface area contributed by atoms with Gasteiger partial charge in [-0.25, -0.2) is 4.39 Å². The van der Waals surface area contributed by atoms with Crippen LogP contribution in [0.5, 0.6) is 0 Å². The summed E-state index contributed by atoms with van der Waals surface area (Å²) >= 11 is 5.90. The van der Waals surface area contributed by atoms with Gasteiger partial charge in [0.05, 0.1) is 12.1 Å². The SMILES string of the molecule is CC(O)CNC(c1ccc(F)cc1)c1ccc(Cl)cc1. The molecule has 2 aromatic rings. The Morgan fingerprint density at radius 3 is 2.05 bits per heavy atom. The first kappa shape index (κ1) is 15.0. The maximum Gasteiger partial charge on any atom is 0.123 e. The monoisotopic (exact) mass is 293 g/mol. The smallest absolute Gasteiger partial charge is 0.123 e. The number of benzene rings is 2. The van der Waals surface area contributed by atoms with Crippen LogP contribution in [0.2, 0.25) is 5.02 Å². The standard InChI is InChI=1S/C16H17ClFNO/c1-11(20)10-19-16(12-2-6-14(17)7-3-12)13-4-8-15(18)9-5-13/h2-9,11,16,19-20H,10H2,1H3. The molecule has 0 radical (unpaired) electrons. The van der Waals surface area contributed by atoms with E-state index in [0.717, 1.165) is 11.1 Å². The first-order chi connectivity index (χ1) is 9.56. The first-order valence-electron chi connectivity index (χ1n) is 6.48. The summed E-state index contributed by atoms with van der Waals surface area (Å²) in [5, 5.41) is 13.4. The van der Waals surface area contributed by atoms with Crippen molar-refractivity contribution in [2.75, 3.05) is 6.54 Å². The average Bonchev–Trinajstić information content (AvgIpc) is 2.42. The van der Waals surface area contributed by atoms with Crippen LogP contribution in [0.4, 0.5) is 4.39 Å². The van der Waals surface area contributed by atoms with E-state index < -0.39 is 6.10 Å². The van der Waals surface area contributed by atoms with Crippen molar-refractivity contribution in [2.45, 2.75) is 19.1 Å². The second kappa shape index (κ2) is 6.84. The molecule has 2 N–H and O–H groups in total. The predicted octanol–water partition coefficient (Wildman–Crippen LogP) is 3.54. The van der Waals surface area contributed by atoms with E-state index in [0.29, 0.717) is 11.6 Å². The third-order valence-electron chi connectivity index (χ3n) is 3.02. The van der Waals surface area contributed by atoms with Crippen molar-refractivity contribution in [3.05, 3.63) is 70.5 Å². The summed E-state index contributed by atoms with van der Waals surface area (Å²) in [5.74, 6) is -0.265. The van der Waals surface area contributed by atoms with E-state index in [4.69, 9.17) is 11.6 Å². The Bertz CT molecular complexity index is 494. The van der Waals surface area contributed by atoms with Gasteiger partial charge >= 0.3 is 0 Å². The Hall–Kier alpha value is -1.42. The van der Waals surface area contributed by atoms with Gasteiger partial charge < -0.3 is 10.4 Å². The van der Waals surface area contributed by atoms with Crippen LogP contribution < -0.4 is 5.32 Å². The van der Waals surface area contributed by atoms with Crippen LogP contribution in [0.15, 0.2) is 48.5 Å². The quantitative estimate of drug-likeness (QED) is 0.884. The number of nitrogens with one attached hydrogen (secondary N) is 1. The van der Waals surface area contributed by atoms with Gasteiger partial charge in [0.1, 0.15) is 5.82 Å². The van der Waals surface area contributed by atoms with Crippen molar-refractivity contribution < 1.29 is 9.50 Å². The molecule has 0 aliphatic carbocycles. The maximum absolute atomic E-state index is 13.0. The van der Waals surface area contributed by atoms with Crippen LogP contribution in [0.3, 0.4) is 0 Å². The molecule has 4 heteroatoms. The Morgan fingerprint density at radius 1 is 1.05 bits per heavy atom. The fraction of sp³-hybridized carbons (Fsp3) is 0.250. The summed E-state index contributed by atoms with van der Waals surface area (Å²) in [6, 6.07) is 13.7. The molecule has 2 unspecified atom stereocenters. The third-order valence-corrected chi connectivity index (χ3v) is 3.28. The lowest BCUT2D eigenvalue weighted by molar-refractivity contribution is 0.188. The van der Waals surface area contributed by atoms with Crippen molar-refractivity contribution >= 4 is 11.6 Å². The fourth-order valence-electron chi connectivity index (χ4n) is 2.03. The first-order valence-corrected chi connectivity index (χ1v) is 6.86. The summed E-state index contributed by atoms with van der Waals surface area (Å²) in [6.45, 7) is 2.17. The van der Waals surface area contributed by atoms with E-state index in [1.54, 1.807) is 19.1 Å². The van der Waals surface area contributed by atoms with Crippen molar-refractivity contribution in [2.24, 2.45) is 0 Å². The summed E-state index contributed by atoms with van der Waals surface area (Å²) in [5.41, 5.74) is 1.95. The highest BCUT2D eigenvalue weighted by atomic mass is 35.5. The second-order valence-electron chi connectivity index (χ2n) is 4.79. The highest BCUT2D eigenvalue weighted by Gasteiger charge is 2.14. The Morgan fingerprint density at radius 2 is 1.55 bits per heavy atom. The Balaban J connectivity index is 2.28. The zero-order valence-corrected chi connectivity index (χ0v) is 11.9. The molecule has 2 nitrogen and oxygen atoms in total. The zero-order valence-electron chi connectivity index (χ0n) is 11.2. The largest absolute Gasteiger partial charge is 0.392 e. The minimum absolute atomic E-state index is 0.109. The topological polar surface area (TPSA) is 32.3 Å². The molecule has 0 spiro atoms. The van der Waals surface area contributed by atoms with Crippen molar-refractivity contribution in [1.29, 1.82) is 0 Å². The van der Waals surface area contributed by atoms with Crippen molar-refractivity contribution in [3.8, 4) is 0 Å². The van der Waals surface area contributed by atoms with Crippen molar-refractivity contribution in [1.82, 2.24) is 5.32 Å². The van der Waals surface area contributed by atoms with Gasteiger partial charge in [-0.3, -0.25) is 0 Å².